The number of nitrogens with two attached hydrogens (primary N) is 1. The van der Waals surface area contributed by atoms with Gasteiger partial charge in [-0.1, -0.05) is 19.8 Å². The number of amides is 1. The highest BCUT2D eigenvalue weighted by molar-refractivity contribution is 5.84. The molecule has 2 unspecified atom stereocenters. The topological polar surface area (TPSA) is 75.4 Å². The first-order chi connectivity index (χ1) is 8.07. The van der Waals surface area contributed by atoms with Crippen LogP contribution in [0.2, 0.25) is 0 Å². The molecule has 0 saturated heterocycles. The van der Waals surface area contributed by atoms with Crippen LogP contribution in [0.3, 0.4) is 0 Å². The van der Waals surface area contributed by atoms with Crippen molar-refractivity contribution in [3.05, 3.63) is 0 Å². The van der Waals surface area contributed by atoms with Gasteiger partial charge >= 0.3 is 0 Å². The number of aliphatic hydroxyl groups excluding tert-OH is 1. The van der Waals surface area contributed by atoms with Crippen molar-refractivity contribution in [2.24, 2.45) is 17.1 Å². The molecule has 4 heteroatoms. The van der Waals surface area contributed by atoms with Gasteiger partial charge in [-0.2, -0.15) is 0 Å². The van der Waals surface area contributed by atoms with Crippen LogP contribution in [0.25, 0.3) is 0 Å². The maximum Gasteiger partial charge on any atom is 0.227 e. The van der Waals surface area contributed by atoms with Crippen LogP contribution in [0.1, 0.15) is 45.4 Å². The second kappa shape index (κ2) is 4.94. The van der Waals surface area contributed by atoms with E-state index >= 15 is 0 Å². The van der Waals surface area contributed by atoms with E-state index in [2.05, 4.69) is 12.2 Å². The number of carbonyl (C=O) groups excluding carboxylic acids is 1. The monoisotopic (exact) mass is 240 g/mol. The summed E-state index contributed by atoms with van der Waals surface area (Å²) in [6, 6.07) is -0.0596. The van der Waals surface area contributed by atoms with E-state index in [1.54, 1.807) is 0 Å². The number of hydrogen-bond acceptors (Lipinski definition) is 3. The molecule has 1 amide bonds. The summed E-state index contributed by atoms with van der Waals surface area (Å²) in [4.78, 5) is 12.2. The van der Waals surface area contributed by atoms with E-state index in [9.17, 15) is 9.90 Å². The number of hydrogen-bond donors (Lipinski definition) is 3. The van der Waals surface area contributed by atoms with Crippen LogP contribution in [-0.2, 0) is 4.79 Å². The van der Waals surface area contributed by atoms with Crippen LogP contribution < -0.4 is 11.1 Å². The standard InChI is InChI=1S/C13H24N2O2/c1-9-6-13(7-9,8-14)12(17)15-10-4-2-3-5-11(10)16/h9-11,16H,2-8,14H2,1H3,(H,15,17). The minimum atomic E-state index is -0.375. The van der Waals surface area contributed by atoms with E-state index < -0.39 is 0 Å². The van der Waals surface area contributed by atoms with Crippen molar-refractivity contribution in [2.75, 3.05) is 6.54 Å². The molecule has 0 radical (unpaired) electrons. The zero-order valence-corrected chi connectivity index (χ0v) is 10.6. The second-order valence-corrected chi connectivity index (χ2v) is 5.93. The summed E-state index contributed by atoms with van der Waals surface area (Å²) in [5.41, 5.74) is 5.40. The first-order valence-electron chi connectivity index (χ1n) is 6.76. The minimum Gasteiger partial charge on any atom is -0.391 e. The lowest BCUT2D eigenvalue weighted by atomic mass is 9.62. The van der Waals surface area contributed by atoms with Crippen LogP contribution in [0.15, 0.2) is 0 Å². The Labute approximate surface area is 103 Å². The third-order valence-electron chi connectivity index (χ3n) is 4.40. The number of nitrogens with one attached hydrogen (secondary N) is 1. The zero-order valence-electron chi connectivity index (χ0n) is 10.6. The van der Waals surface area contributed by atoms with E-state index in [1.165, 1.54) is 0 Å². The van der Waals surface area contributed by atoms with E-state index in [-0.39, 0.29) is 23.5 Å². The fraction of sp³-hybridized carbons (Fsp3) is 0.923. The molecule has 2 aliphatic carbocycles. The molecule has 98 valence electrons. The van der Waals surface area contributed by atoms with E-state index in [4.69, 9.17) is 5.73 Å². The van der Waals surface area contributed by atoms with Crippen molar-refractivity contribution < 1.29 is 9.90 Å². The minimum absolute atomic E-state index is 0.0593. The number of carbonyl (C=O) groups is 1. The molecule has 2 atom stereocenters. The first-order valence-corrected chi connectivity index (χ1v) is 6.76. The molecule has 0 aromatic carbocycles. The molecule has 2 fully saturated rings. The van der Waals surface area contributed by atoms with Gasteiger partial charge in [0.05, 0.1) is 17.6 Å². The molecule has 0 aromatic rings. The predicted molar refractivity (Wildman–Crippen MR) is 66.3 cm³/mol. The van der Waals surface area contributed by atoms with Crippen LogP contribution in [0.5, 0.6) is 0 Å². The highest BCUT2D eigenvalue weighted by Crippen LogP contribution is 2.45. The third kappa shape index (κ3) is 2.47. The van der Waals surface area contributed by atoms with Crippen LogP contribution in [0, 0.1) is 11.3 Å². The van der Waals surface area contributed by atoms with Crippen molar-refractivity contribution in [2.45, 2.75) is 57.6 Å². The molecular weight excluding hydrogens is 216 g/mol. The summed E-state index contributed by atoms with van der Waals surface area (Å²) >= 11 is 0. The van der Waals surface area contributed by atoms with Crippen LogP contribution in [-0.4, -0.2) is 29.7 Å². The number of rotatable bonds is 3. The first kappa shape index (κ1) is 12.8. The van der Waals surface area contributed by atoms with Crippen molar-refractivity contribution >= 4 is 5.91 Å². The predicted octanol–water partition coefficient (Wildman–Crippen LogP) is 0.781. The molecule has 0 aromatic heterocycles. The largest absolute Gasteiger partial charge is 0.391 e. The molecule has 2 rings (SSSR count). The molecular formula is C13H24N2O2. The molecule has 2 saturated carbocycles. The maximum atomic E-state index is 12.2. The zero-order chi connectivity index (χ0) is 12.5. The van der Waals surface area contributed by atoms with Gasteiger partial charge in [0.15, 0.2) is 0 Å². The molecule has 0 bridgehead atoms. The van der Waals surface area contributed by atoms with E-state index in [0.29, 0.717) is 12.5 Å². The Balaban J connectivity index is 1.91. The average Bonchev–Trinajstić information content (AvgIpc) is 2.27. The van der Waals surface area contributed by atoms with Crippen LogP contribution >= 0.6 is 0 Å². The normalized spacial score (nSPS) is 41.7. The molecule has 0 heterocycles. The van der Waals surface area contributed by atoms with Crippen molar-refractivity contribution in [1.82, 2.24) is 5.32 Å². The fourth-order valence-electron chi connectivity index (χ4n) is 3.32. The van der Waals surface area contributed by atoms with Gasteiger partial charge in [-0.3, -0.25) is 4.79 Å². The van der Waals surface area contributed by atoms with E-state index in [1.807, 2.05) is 0 Å². The smallest absolute Gasteiger partial charge is 0.227 e. The summed E-state index contributed by atoms with van der Waals surface area (Å²) in [6.45, 7) is 2.57. The summed E-state index contributed by atoms with van der Waals surface area (Å²) < 4.78 is 0. The Morgan fingerprint density at radius 2 is 2.06 bits per heavy atom. The Bertz CT molecular complexity index is 287. The lowest BCUT2D eigenvalue weighted by Crippen LogP contribution is -2.57. The quantitative estimate of drug-likeness (QED) is 0.682. The van der Waals surface area contributed by atoms with Crippen molar-refractivity contribution in [1.29, 1.82) is 0 Å². The highest BCUT2D eigenvalue weighted by Gasteiger charge is 2.47. The van der Waals surface area contributed by atoms with Gasteiger partial charge < -0.3 is 16.2 Å². The van der Waals surface area contributed by atoms with Crippen molar-refractivity contribution in [3.63, 3.8) is 0 Å². The van der Waals surface area contributed by atoms with Gasteiger partial charge in [0.2, 0.25) is 5.91 Å². The Morgan fingerprint density at radius 1 is 1.41 bits per heavy atom. The summed E-state index contributed by atoms with van der Waals surface area (Å²) in [6.07, 6.45) is 5.25. The molecule has 2 aliphatic rings. The van der Waals surface area contributed by atoms with Crippen LogP contribution in [0.4, 0.5) is 0 Å². The Hall–Kier alpha value is -0.610. The SMILES string of the molecule is CC1CC(CN)(C(=O)NC2CCCCC2O)C1. The Morgan fingerprint density at radius 3 is 2.59 bits per heavy atom. The molecule has 17 heavy (non-hydrogen) atoms. The Kier molecular flexibility index (Phi) is 3.73. The molecule has 0 aliphatic heterocycles. The van der Waals surface area contributed by atoms with Gasteiger partial charge in [0.25, 0.3) is 0 Å². The number of aliphatic hydroxyl groups is 1. The average molecular weight is 240 g/mol. The van der Waals surface area contributed by atoms with Gasteiger partial charge in [-0.05, 0) is 31.6 Å². The second-order valence-electron chi connectivity index (χ2n) is 5.93. The molecule has 4 N–H and O–H groups in total. The van der Waals surface area contributed by atoms with Gasteiger partial charge in [0.1, 0.15) is 0 Å². The highest BCUT2D eigenvalue weighted by atomic mass is 16.3. The van der Waals surface area contributed by atoms with E-state index in [0.717, 1.165) is 38.5 Å². The summed E-state index contributed by atoms with van der Waals surface area (Å²) in [5.74, 6) is 0.657. The summed E-state index contributed by atoms with van der Waals surface area (Å²) in [5, 5.41) is 12.9. The fourth-order valence-corrected chi connectivity index (χ4v) is 3.32. The third-order valence-corrected chi connectivity index (χ3v) is 4.40. The lowest BCUT2D eigenvalue weighted by Gasteiger charge is -2.45. The van der Waals surface area contributed by atoms with Gasteiger partial charge in [-0.15, -0.1) is 0 Å². The van der Waals surface area contributed by atoms with Crippen molar-refractivity contribution in [3.8, 4) is 0 Å². The maximum absolute atomic E-state index is 12.2. The van der Waals surface area contributed by atoms with Gasteiger partial charge in [-0.25, -0.2) is 0 Å². The van der Waals surface area contributed by atoms with Gasteiger partial charge in [0, 0.05) is 6.54 Å². The molecule has 0 spiro atoms. The summed E-state index contributed by atoms with van der Waals surface area (Å²) in [7, 11) is 0. The lowest BCUT2D eigenvalue weighted by molar-refractivity contribution is -0.140. The molecule has 4 nitrogen and oxygen atoms in total.